The van der Waals surface area contributed by atoms with E-state index < -0.39 is 5.60 Å². The fourth-order valence-corrected chi connectivity index (χ4v) is 2.23. The molecule has 4 nitrogen and oxygen atoms in total. The van der Waals surface area contributed by atoms with Crippen LogP contribution in [0.3, 0.4) is 0 Å². The van der Waals surface area contributed by atoms with Gasteiger partial charge in [-0.15, -0.1) is 0 Å². The lowest BCUT2D eigenvalue weighted by atomic mass is 9.94. The number of piperidine rings is 1. The molecule has 1 aromatic rings. The number of ether oxygens (including phenoxy) is 1. The molecule has 100 valence electrons. The van der Waals surface area contributed by atoms with E-state index in [4.69, 9.17) is 4.74 Å². The summed E-state index contributed by atoms with van der Waals surface area (Å²) >= 11 is 0. The fourth-order valence-electron chi connectivity index (χ4n) is 2.23. The van der Waals surface area contributed by atoms with Gasteiger partial charge in [-0.2, -0.15) is 0 Å². The maximum Gasteiger partial charge on any atom is 0.0904 e. The van der Waals surface area contributed by atoms with E-state index in [1.807, 2.05) is 24.5 Å². The van der Waals surface area contributed by atoms with Crippen LogP contribution in [0.4, 0.5) is 0 Å². The summed E-state index contributed by atoms with van der Waals surface area (Å²) in [6, 6.07) is 4.06. The fraction of sp³-hybridized carbons (Fsp3) is 0.643. The normalized spacial score (nSPS) is 18.7. The number of nitrogens with zero attached hydrogens (tertiary/aromatic N) is 1. The molecule has 0 spiro atoms. The van der Waals surface area contributed by atoms with E-state index in [0.717, 1.165) is 38.8 Å². The third-order valence-corrected chi connectivity index (χ3v) is 3.41. The van der Waals surface area contributed by atoms with Gasteiger partial charge < -0.3 is 15.2 Å². The maximum absolute atomic E-state index is 10.2. The van der Waals surface area contributed by atoms with Crippen molar-refractivity contribution >= 4 is 0 Å². The zero-order valence-corrected chi connectivity index (χ0v) is 10.8. The van der Waals surface area contributed by atoms with Crippen molar-refractivity contribution in [2.45, 2.75) is 31.3 Å². The first-order valence-electron chi connectivity index (χ1n) is 6.68. The van der Waals surface area contributed by atoms with Crippen LogP contribution in [0.25, 0.3) is 0 Å². The topological polar surface area (TPSA) is 54.4 Å². The van der Waals surface area contributed by atoms with Crippen LogP contribution in [0.5, 0.6) is 0 Å². The monoisotopic (exact) mass is 250 g/mol. The Labute approximate surface area is 108 Å². The Morgan fingerprint density at radius 2 is 2.00 bits per heavy atom. The van der Waals surface area contributed by atoms with Crippen molar-refractivity contribution < 1.29 is 9.84 Å². The number of pyridine rings is 1. The molecule has 18 heavy (non-hydrogen) atoms. The Hall–Kier alpha value is -0.970. The van der Waals surface area contributed by atoms with Crippen molar-refractivity contribution in [1.82, 2.24) is 10.3 Å². The summed E-state index contributed by atoms with van der Waals surface area (Å²) in [4.78, 5) is 3.99. The molecule has 0 saturated carbocycles. The lowest BCUT2D eigenvalue weighted by Crippen LogP contribution is -2.45. The second kappa shape index (κ2) is 6.83. The Bertz CT molecular complexity index is 337. The number of hydrogen-bond donors (Lipinski definition) is 2. The van der Waals surface area contributed by atoms with Crippen molar-refractivity contribution in [3.63, 3.8) is 0 Å². The number of aliphatic hydroxyl groups is 1. The number of aromatic nitrogens is 1. The van der Waals surface area contributed by atoms with Gasteiger partial charge >= 0.3 is 0 Å². The number of aryl methyl sites for hydroxylation is 1. The van der Waals surface area contributed by atoms with Crippen LogP contribution in [0.15, 0.2) is 24.5 Å². The lowest BCUT2D eigenvalue weighted by molar-refractivity contribution is -0.0643. The Morgan fingerprint density at radius 3 is 2.72 bits per heavy atom. The summed E-state index contributed by atoms with van der Waals surface area (Å²) in [7, 11) is 0. The predicted molar refractivity (Wildman–Crippen MR) is 70.4 cm³/mol. The smallest absolute Gasteiger partial charge is 0.0904 e. The molecule has 0 amide bonds. The van der Waals surface area contributed by atoms with Crippen molar-refractivity contribution in [2.75, 3.05) is 26.3 Å². The van der Waals surface area contributed by atoms with Gasteiger partial charge in [0.2, 0.25) is 0 Å². The van der Waals surface area contributed by atoms with Gasteiger partial charge in [0.15, 0.2) is 0 Å². The second-order valence-electron chi connectivity index (χ2n) is 4.99. The van der Waals surface area contributed by atoms with E-state index >= 15 is 0 Å². The van der Waals surface area contributed by atoms with Crippen molar-refractivity contribution in [3.8, 4) is 0 Å². The minimum absolute atomic E-state index is 0.463. The van der Waals surface area contributed by atoms with Crippen molar-refractivity contribution in [2.24, 2.45) is 0 Å². The summed E-state index contributed by atoms with van der Waals surface area (Å²) in [5.41, 5.74) is 0.677. The minimum Gasteiger partial charge on any atom is -0.387 e. The summed E-state index contributed by atoms with van der Waals surface area (Å²) < 4.78 is 5.60. The van der Waals surface area contributed by atoms with Gasteiger partial charge in [0.1, 0.15) is 0 Å². The molecule has 1 aliphatic heterocycles. The van der Waals surface area contributed by atoms with E-state index in [2.05, 4.69) is 10.3 Å². The van der Waals surface area contributed by atoms with E-state index in [-0.39, 0.29) is 0 Å². The average molecular weight is 250 g/mol. The van der Waals surface area contributed by atoms with E-state index in [1.165, 1.54) is 5.56 Å². The van der Waals surface area contributed by atoms with E-state index in [0.29, 0.717) is 13.2 Å². The molecule has 0 aliphatic carbocycles. The standard InChI is InChI=1S/C14H22N2O2/c17-14(5-9-16-10-6-14)12-18-11-1-2-13-3-7-15-8-4-13/h3-4,7-8,16-17H,1-2,5-6,9-12H2. The Balaban J connectivity index is 1.58. The highest BCUT2D eigenvalue weighted by molar-refractivity contribution is 5.09. The quantitative estimate of drug-likeness (QED) is 0.744. The SMILES string of the molecule is OC1(COCCCc2ccncc2)CCNCC1. The molecule has 1 fully saturated rings. The molecule has 1 saturated heterocycles. The number of nitrogens with one attached hydrogen (secondary N) is 1. The molecule has 0 radical (unpaired) electrons. The molecule has 2 heterocycles. The van der Waals surface area contributed by atoms with E-state index in [1.54, 1.807) is 0 Å². The van der Waals surface area contributed by atoms with Crippen LogP contribution in [0.1, 0.15) is 24.8 Å². The molecular formula is C14H22N2O2. The summed E-state index contributed by atoms with van der Waals surface area (Å²) in [5.74, 6) is 0. The molecule has 0 aromatic carbocycles. The maximum atomic E-state index is 10.2. The molecule has 1 aliphatic rings. The number of rotatable bonds is 6. The van der Waals surface area contributed by atoms with Crippen molar-refractivity contribution in [1.29, 1.82) is 0 Å². The van der Waals surface area contributed by atoms with Gasteiger partial charge in [-0.25, -0.2) is 0 Å². The Morgan fingerprint density at radius 1 is 1.28 bits per heavy atom. The minimum atomic E-state index is -0.609. The van der Waals surface area contributed by atoms with Crippen LogP contribution in [-0.4, -0.2) is 42.0 Å². The highest BCUT2D eigenvalue weighted by Gasteiger charge is 2.28. The molecule has 2 N–H and O–H groups in total. The first-order chi connectivity index (χ1) is 8.79. The molecule has 0 atom stereocenters. The van der Waals surface area contributed by atoms with Gasteiger partial charge in [-0.1, -0.05) is 0 Å². The van der Waals surface area contributed by atoms with Crippen LogP contribution in [0.2, 0.25) is 0 Å². The van der Waals surface area contributed by atoms with E-state index in [9.17, 15) is 5.11 Å². The zero-order chi connectivity index (χ0) is 12.7. The molecular weight excluding hydrogens is 228 g/mol. The first kappa shape index (κ1) is 13.5. The Kier molecular flexibility index (Phi) is 5.11. The zero-order valence-electron chi connectivity index (χ0n) is 10.8. The van der Waals surface area contributed by atoms with Gasteiger partial charge in [-0.05, 0) is 56.5 Å². The highest BCUT2D eigenvalue weighted by atomic mass is 16.5. The highest BCUT2D eigenvalue weighted by Crippen LogP contribution is 2.18. The summed E-state index contributed by atoms with van der Waals surface area (Å²) in [6.45, 7) is 2.94. The second-order valence-corrected chi connectivity index (χ2v) is 4.99. The first-order valence-corrected chi connectivity index (χ1v) is 6.68. The van der Waals surface area contributed by atoms with Crippen molar-refractivity contribution in [3.05, 3.63) is 30.1 Å². The van der Waals surface area contributed by atoms with Gasteiger partial charge in [0, 0.05) is 19.0 Å². The third-order valence-electron chi connectivity index (χ3n) is 3.41. The van der Waals surface area contributed by atoms with Crippen LogP contribution < -0.4 is 5.32 Å². The van der Waals surface area contributed by atoms with Crippen LogP contribution >= 0.6 is 0 Å². The third kappa shape index (κ3) is 4.37. The largest absolute Gasteiger partial charge is 0.387 e. The molecule has 1 aromatic heterocycles. The van der Waals surface area contributed by atoms with Gasteiger partial charge in [-0.3, -0.25) is 4.98 Å². The summed E-state index contributed by atoms with van der Waals surface area (Å²) in [6.07, 6.45) is 7.19. The molecule has 2 rings (SSSR count). The van der Waals surface area contributed by atoms with Crippen LogP contribution in [0, 0.1) is 0 Å². The lowest BCUT2D eigenvalue weighted by Gasteiger charge is -2.32. The molecule has 0 bridgehead atoms. The average Bonchev–Trinajstić information content (AvgIpc) is 2.40. The van der Waals surface area contributed by atoms with Gasteiger partial charge in [0.25, 0.3) is 0 Å². The summed E-state index contributed by atoms with van der Waals surface area (Å²) in [5, 5.41) is 13.5. The number of hydrogen-bond acceptors (Lipinski definition) is 4. The van der Waals surface area contributed by atoms with Crippen LogP contribution in [-0.2, 0) is 11.2 Å². The van der Waals surface area contributed by atoms with Gasteiger partial charge in [0.05, 0.1) is 12.2 Å². The molecule has 0 unspecified atom stereocenters. The predicted octanol–water partition coefficient (Wildman–Crippen LogP) is 1.15. The molecule has 4 heteroatoms.